The standard InChI is InChI=1S/C15H22N2O2/c1-12-4-6-14(7-5-12)19-10-9-17-15(18)11-13-3-2-8-16-13/h4-7,13,16H,2-3,8-11H2,1H3,(H,17,18). The van der Waals surface area contributed by atoms with Crippen molar-refractivity contribution < 1.29 is 9.53 Å². The van der Waals surface area contributed by atoms with Gasteiger partial charge in [0.2, 0.25) is 5.91 Å². The van der Waals surface area contributed by atoms with Crippen LogP contribution < -0.4 is 15.4 Å². The van der Waals surface area contributed by atoms with Crippen LogP contribution in [0.2, 0.25) is 0 Å². The van der Waals surface area contributed by atoms with E-state index < -0.39 is 0 Å². The van der Waals surface area contributed by atoms with Gasteiger partial charge in [-0.2, -0.15) is 0 Å². The Hall–Kier alpha value is -1.55. The lowest BCUT2D eigenvalue weighted by Crippen LogP contribution is -2.33. The first-order valence-corrected chi connectivity index (χ1v) is 6.93. The minimum atomic E-state index is 0.104. The molecule has 1 saturated heterocycles. The molecule has 0 saturated carbocycles. The molecule has 0 aliphatic carbocycles. The number of hydrogen-bond donors (Lipinski definition) is 2. The predicted octanol–water partition coefficient (Wildman–Crippen LogP) is 1.63. The molecule has 104 valence electrons. The summed E-state index contributed by atoms with van der Waals surface area (Å²) in [6.45, 7) is 4.14. The number of carbonyl (C=O) groups excluding carboxylic acids is 1. The maximum absolute atomic E-state index is 11.6. The van der Waals surface area contributed by atoms with Crippen molar-refractivity contribution in [2.24, 2.45) is 0 Å². The largest absolute Gasteiger partial charge is 0.492 e. The second-order valence-electron chi connectivity index (χ2n) is 5.01. The lowest BCUT2D eigenvalue weighted by Gasteiger charge is -2.11. The van der Waals surface area contributed by atoms with Crippen LogP contribution in [0, 0.1) is 6.92 Å². The van der Waals surface area contributed by atoms with Gasteiger partial charge < -0.3 is 15.4 Å². The van der Waals surface area contributed by atoms with Crippen LogP contribution in [0.3, 0.4) is 0 Å². The van der Waals surface area contributed by atoms with Crippen molar-refractivity contribution >= 4 is 5.91 Å². The van der Waals surface area contributed by atoms with Crippen molar-refractivity contribution in [3.63, 3.8) is 0 Å². The Morgan fingerprint density at radius 2 is 2.21 bits per heavy atom. The Balaban J connectivity index is 1.58. The minimum Gasteiger partial charge on any atom is -0.492 e. The molecule has 0 bridgehead atoms. The highest BCUT2D eigenvalue weighted by Gasteiger charge is 2.16. The molecule has 1 fully saturated rings. The first-order chi connectivity index (χ1) is 9.24. The predicted molar refractivity (Wildman–Crippen MR) is 75.3 cm³/mol. The van der Waals surface area contributed by atoms with Gasteiger partial charge in [0.15, 0.2) is 0 Å². The number of rotatable bonds is 6. The fourth-order valence-corrected chi connectivity index (χ4v) is 2.22. The zero-order chi connectivity index (χ0) is 13.5. The number of benzene rings is 1. The highest BCUT2D eigenvalue weighted by atomic mass is 16.5. The quantitative estimate of drug-likeness (QED) is 0.766. The molecule has 1 heterocycles. The molecule has 1 atom stereocenters. The molecule has 1 amide bonds. The van der Waals surface area contributed by atoms with E-state index in [2.05, 4.69) is 10.6 Å². The number of carbonyl (C=O) groups is 1. The summed E-state index contributed by atoms with van der Waals surface area (Å²) in [4.78, 5) is 11.6. The highest BCUT2D eigenvalue weighted by molar-refractivity contribution is 5.76. The first-order valence-electron chi connectivity index (χ1n) is 6.93. The van der Waals surface area contributed by atoms with Crippen molar-refractivity contribution in [2.75, 3.05) is 19.7 Å². The van der Waals surface area contributed by atoms with Gasteiger partial charge in [-0.3, -0.25) is 4.79 Å². The average molecular weight is 262 g/mol. The zero-order valence-electron chi connectivity index (χ0n) is 11.4. The van der Waals surface area contributed by atoms with E-state index in [-0.39, 0.29) is 5.91 Å². The summed E-state index contributed by atoms with van der Waals surface area (Å²) in [7, 11) is 0. The Kier molecular flexibility index (Phi) is 5.21. The Bertz CT molecular complexity index is 397. The minimum absolute atomic E-state index is 0.104. The van der Waals surface area contributed by atoms with Crippen LogP contribution >= 0.6 is 0 Å². The summed E-state index contributed by atoms with van der Waals surface area (Å²) >= 11 is 0. The molecule has 2 rings (SSSR count). The Labute approximate surface area is 114 Å². The Morgan fingerprint density at radius 3 is 2.89 bits per heavy atom. The molecule has 2 N–H and O–H groups in total. The fourth-order valence-electron chi connectivity index (χ4n) is 2.22. The molecule has 4 nitrogen and oxygen atoms in total. The van der Waals surface area contributed by atoms with Crippen molar-refractivity contribution in [3.05, 3.63) is 29.8 Å². The van der Waals surface area contributed by atoms with E-state index in [1.165, 1.54) is 12.0 Å². The van der Waals surface area contributed by atoms with Crippen LogP contribution in [0.1, 0.15) is 24.8 Å². The summed E-state index contributed by atoms with van der Waals surface area (Å²) < 4.78 is 5.55. The van der Waals surface area contributed by atoms with Gasteiger partial charge in [-0.1, -0.05) is 17.7 Å². The van der Waals surface area contributed by atoms with Gasteiger partial charge in [-0.25, -0.2) is 0 Å². The van der Waals surface area contributed by atoms with E-state index in [0.717, 1.165) is 18.7 Å². The van der Waals surface area contributed by atoms with E-state index >= 15 is 0 Å². The zero-order valence-corrected chi connectivity index (χ0v) is 11.4. The lowest BCUT2D eigenvalue weighted by molar-refractivity contribution is -0.121. The molecule has 4 heteroatoms. The topological polar surface area (TPSA) is 50.4 Å². The normalized spacial score (nSPS) is 18.3. The van der Waals surface area contributed by atoms with Crippen molar-refractivity contribution in [1.29, 1.82) is 0 Å². The SMILES string of the molecule is Cc1ccc(OCCNC(=O)CC2CCCN2)cc1. The van der Waals surface area contributed by atoms with Crippen molar-refractivity contribution in [3.8, 4) is 5.75 Å². The summed E-state index contributed by atoms with van der Waals surface area (Å²) in [5.41, 5.74) is 1.21. The van der Waals surface area contributed by atoms with Crippen LogP contribution in [0.25, 0.3) is 0 Å². The van der Waals surface area contributed by atoms with Gasteiger partial charge in [0, 0.05) is 12.5 Å². The van der Waals surface area contributed by atoms with E-state index in [1.54, 1.807) is 0 Å². The third-order valence-electron chi connectivity index (χ3n) is 3.31. The number of amides is 1. The second-order valence-corrected chi connectivity index (χ2v) is 5.01. The third-order valence-corrected chi connectivity index (χ3v) is 3.31. The monoisotopic (exact) mass is 262 g/mol. The smallest absolute Gasteiger partial charge is 0.221 e. The molecule has 0 aromatic heterocycles. The molecule has 1 unspecified atom stereocenters. The first kappa shape index (κ1) is 13.9. The molecular formula is C15H22N2O2. The molecule has 0 radical (unpaired) electrons. The molecule has 1 aliphatic heterocycles. The summed E-state index contributed by atoms with van der Waals surface area (Å²) in [6.07, 6.45) is 2.85. The van der Waals surface area contributed by atoms with Gasteiger partial charge in [-0.05, 0) is 38.4 Å². The lowest BCUT2D eigenvalue weighted by atomic mass is 10.1. The summed E-state index contributed by atoms with van der Waals surface area (Å²) in [6, 6.07) is 8.27. The van der Waals surface area contributed by atoms with Gasteiger partial charge >= 0.3 is 0 Å². The summed E-state index contributed by atoms with van der Waals surface area (Å²) in [5, 5.41) is 6.20. The van der Waals surface area contributed by atoms with Crippen LogP contribution in [0.4, 0.5) is 0 Å². The fraction of sp³-hybridized carbons (Fsp3) is 0.533. The molecule has 1 aromatic carbocycles. The van der Waals surface area contributed by atoms with E-state index in [9.17, 15) is 4.79 Å². The maximum Gasteiger partial charge on any atom is 0.221 e. The van der Waals surface area contributed by atoms with E-state index in [0.29, 0.717) is 25.6 Å². The number of aryl methyl sites for hydroxylation is 1. The maximum atomic E-state index is 11.6. The molecule has 0 spiro atoms. The van der Waals surface area contributed by atoms with Crippen molar-refractivity contribution in [1.82, 2.24) is 10.6 Å². The van der Waals surface area contributed by atoms with Gasteiger partial charge in [0.1, 0.15) is 12.4 Å². The van der Waals surface area contributed by atoms with Crippen LogP contribution in [-0.2, 0) is 4.79 Å². The van der Waals surface area contributed by atoms with Crippen molar-refractivity contribution in [2.45, 2.75) is 32.2 Å². The molecule has 19 heavy (non-hydrogen) atoms. The second kappa shape index (κ2) is 7.14. The van der Waals surface area contributed by atoms with Gasteiger partial charge in [0.05, 0.1) is 6.54 Å². The Morgan fingerprint density at radius 1 is 1.42 bits per heavy atom. The molecule has 1 aliphatic rings. The highest BCUT2D eigenvalue weighted by Crippen LogP contribution is 2.11. The van der Waals surface area contributed by atoms with Crippen LogP contribution in [0.15, 0.2) is 24.3 Å². The molecule has 1 aromatic rings. The van der Waals surface area contributed by atoms with Gasteiger partial charge in [-0.15, -0.1) is 0 Å². The summed E-state index contributed by atoms with van der Waals surface area (Å²) in [5.74, 6) is 0.948. The third kappa shape index (κ3) is 4.91. The van der Waals surface area contributed by atoms with Crippen LogP contribution in [0.5, 0.6) is 5.75 Å². The molecular weight excluding hydrogens is 240 g/mol. The number of hydrogen-bond acceptors (Lipinski definition) is 3. The van der Waals surface area contributed by atoms with E-state index in [1.807, 2.05) is 31.2 Å². The number of ether oxygens (including phenoxy) is 1. The van der Waals surface area contributed by atoms with Gasteiger partial charge in [0.25, 0.3) is 0 Å². The number of nitrogens with one attached hydrogen (secondary N) is 2. The van der Waals surface area contributed by atoms with Crippen LogP contribution in [-0.4, -0.2) is 31.6 Å². The average Bonchev–Trinajstić information content (AvgIpc) is 2.89. The van der Waals surface area contributed by atoms with E-state index in [4.69, 9.17) is 4.74 Å².